The number of aromatic nitrogens is 1. The number of carboxylic acid groups (broad SMARTS) is 1. The van der Waals surface area contributed by atoms with E-state index in [9.17, 15) is 24.3 Å². The molecule has 1 atom stereocenters. The maximum atomic E-state index is 13.0. The van der Waals surface area contributed by atoms with E-state index < -0.39 is 18.0 Å². The maximum absolute atomic E-state index is 13.0. The SMILES string of the molecule is COc1cc(CC(=O)Nc2ccc(C(CC(=O)O)N(C)C(=O)c3ccccc3)cn2)ccc1NC(=O)Nc1ccccc1C. The van der Waals surface area contributed by atoms with Gasteiger partial charge in [-0.15, -0.1) is 0 Å². The lowest BCUT2D eigenvalue weighted by atomic mass is 10.0. The van der Waals surface area contributed by atoms with E-state index in [0.717, 1.165) is 5.56 Å². The number of hydrogen-bond donors (Lipinski definition) is 4. The Labute approximate surface area is 254 Å². The molecule has 4 rings (SSSR count). The second-order valence-electron chi connectivity index (χ2n) is 10.0. The Balaban J connectivity index is 1.39. The zero-order valence-electron chi connectivity index (χ0n) is 24.5. The van der Waals surface area contributed by atoms with Crippen LogP contribution in [0.5, 0.6) is 5.75 Å². The van der Waals surface area contributed by atoms with Gasteiger partial charge in [-0.2, -0.15) is 0 Å². The van der Waals surface area contributed by atoms with E-state index in [1.54, 1.807) is 73.8 Å². The van der Waals surface area contributed by atoms with Crippen LogP contribution in [0, 0.1) is 6.92 Å². The fourth-order valence-corrected chi connectivity index (χ4v) is 4.56. The normalized spacial score (nSPS) is 11.2. The molecule has 0 bridgehead atoms. The summed E-state index contributed by atoms with van der Waals surface area (Å²) in [6.45, 7) is 1.89. The van der Waals surface area contributed by atoms with Crippen molar-refractivity contribution in [2.24, 2.45) is 0 Å². The van der Waals surface area contributed by atoms with Crippen molar-refractivity contribution in [1.29, 1.82) is 0 Å². The average Bonchev–Trinajstić information content (AvgIpc) is 3.01. The third-order valence-electron chi connectivity index (χ3n) is 6.89. The molecule has 0 spiro atoms. The monoisotopic (exact) mass is 595 g/mol. The van der Waals surface area contributed by atoms with Crippen LogP contribution in [0.3, 0.4) is 0 Å². The fourth-order valence-electron chi connectivity index (χ4n) is 4.56. The number of hydrogen-bond acceptors (Lipinski definition) is 6. The molecule has 0 radical (unpaired) electrons. The van der Waals surface area contributed by atoms with E-state index >= 15 is 0 Å². The molecule has 226 valence electrons. The molecule has 11 nitrogen and oxygen atoms in total. The number of nitrogens with one attached hydrogen (secondary N) is 3. The van der Waals surface area contributed by atoms with E-state index in [0.29, 0.717) is 33.8 Å². The van der Waals surface area contributed by atoms with Crippen LogP contribution < -0.4 is 20.7 Å². The summed E-state index contributed by atoms with van der Waals surface area (Å²) in [5.74, 6) is -1.08. The first-order valence-electron chi connectivity index (χ1n) is 13.7. The van der Waals surface area contributed by atoms with Gasteiger partial charge in [-0.1, -0.05) is 48.5 Å². The van der Waals surface area contributed by atoms with Gasteiger partial charge in [-0.25, -0.2) is 9.78 Å². The average molecular weight is 596 g/mol. The van der Waals surface area contributed by atoms with E-state index in [1.165, 1.54) is 18.2 Å². The largest absolute Gasteiger partial charge is 0.495 e. The summed E-state index contributed by atoms with van der Waals surface area (Å²) in [6, 6.07) is 23.0. The highest BCUT2D eigenvalue weighted by Gasteiger charge is 2.25. The molecule has 0 aliphatic carbocycles. The Hall–Kier alpha value is -5.71. The number of ether oxygens (including phenoxy) is 1. The summed E-state index contributed by atoms with van der Waals surface area (Å²) in [7, 11) is 3.02. The van der Waals surface area contributed by atoms with Crippen molar-refractivity contribution >= 4 is 41.0 Å². The van der Waals surface area contributed by atoms with Gasteiger partial charge in [-0.05, 0) is 60.0 Å². The Bertz CT molecular complexity index is 1640. The summed E-state index contributed by atoms with van der Waals surface area (Å²) in [5, 5.41) is 17.8. The van der Waals surface area contributed by atoms with E-state index in [-0.39, 0.29) is 30.5 Å². The minimum absolute atomic E-state index is 0.00539. The third-order valence-corrected chi connectivity index (χ3v) is 6.89. The molecule has 4 aromatic rings. The van der Waals surface area contributed by atoms with Crippen molar-refractivity contribution in [3.63, 3.8) is 0 Å². The minimum Gasteiger partial charge on any atom is -0.495 e. The quantitative estimate of drug-likeness (QED) is 0.179. The zero-order chi connectivity index (χ0) is 31.6. The second kappa shape index (κ2) is 14.5. The molecule has 1 aromatic heterocycles. The second-order valence-corrected chi connectivity index (χ2v) is 10.0. The molecule has 0 aliphatic heterocycles. The van der Waals surface area contributed by atoms with E-state index in [2.05, 4.69) is 20.9 Å². The molecule has 0 fully saturated rings. The van der Waals surface area contributed by atoms with Gasteiger partial charge in [0.15, 0.2) is 0 Å². The zero-order valence-corrected chi connectivity index (χ0v) is 24.5. The molecule has 4 N–H and O–H groups in total. The van der Waals surface area contributed by atoms with Crippen molar-refractivity contribution in [2.45, 2.75) is 25.8 Å². The lowest BCUT2D eigenvalue weighted by Crippen LogP contribution is -2.32. The van der Waals surface area contributed by atoms with Crippen molar-refractivity contribution in [3.8, 4) is 5.75 Å². The predicted molar refractivity (Wildman–Crippen MR) is 167 cm³/mol. The van der Waals surface area contributed by atoms with Gasteiger partial charge in [0.05, 0.1) is 31.7 Å². The van der Waals surface area contributed by atoms with Crippen LogP contribution in [0.25, 0.3) is 0 Å². The maximum Gasteiger partial charge on any atom is 0.323 e. The Kier molecular flexibility index (Phi) is 10.3. The van der Waals surface area contributed by atoms with Crippen LogP contribution in [-0.2, 0) is 16.0 Å². The van der Waals surface area contributed by atoms with Gasteiger partial charge in [0, 0.05) is 24.5 Å². The molecule has 44 heavy (non-hydrogen) atoms. The number of benzene rings is 3. The van der Waals surface area contributed by atoms with Gasteiger partial charge in [0.2, 0.25) is 5.91 Å². The van der Waals surface area contributed by atoms with Crippen LogP contribution >= 0.6 is 0 Å². The number of aryl methyl sites for hydroxylation is 1. The van der Waals surface area contributed by atoms with Crippen LogP contribution in [-0.4, -0.2) is 53.0 Å². The molecule has 1 heterocycles. The Morgan fingerprint density at radius 3 is 2.25 bits per heavy atom. The number of nitrogens with zero attached hydrogens (tertiary/aromatic N) is 2. The Morgan fingerprint density at radius 2 is 1.59 bits per heavy atom. The number of pyridine rings is 1. The van der Waals surface area contributed by atoms with Crippen LogP contribution in [0.1, 0.15) is 39.5 Å². The van der Waals surface area contributed by atoms with Crippen LogP contribution in [0.2, 0.25) is 0 Å². The molecule has 0 saturated heterocycles. The Morgan fingerprint density at radius 1 is 0.886 bits per heavy atom. The number of urea groups is 1. The molecule has 0 saturated carbocycles. The number of methoxy groups -OCH3 is 1. The van der Waals surface area contributed by atoms with Crippen molar-refractivity contribution in [1.82, 2.24) is 9.88 Å². The van der Waals surface area contributed by atoms with Gasteiger partial charge in [-0.3, -0.25) is 14.4 Å². The lowest BCUT2D eigenvalue weighted by molar-refractivity contribution is -0.138. The summed E-state index contributed by atoms with van der Waals surface area (Å²) >= 11 is 0. The summed E-state index contributed by atoms with van der Waals surface area (Å²) in [6.07, 6.45) is 1.14. The topological polar surface area (TPSA) is 150 Å². The number of aliphatic carboxylic acids is 1. The molecule has 3 aromatic carbocycles. The number of carboxylic acids is 1. The van der Waals surface area contributed by atoms with Gasteiger partial charge >= 0.3 is 12.0 Å². The first-order chi connectivity index (χ1) is 21.1. The molecular weight excluding hydrogens is 562 g/mol. The number of carbonyl (C=O) groups excluding carboxylic acids is 3. The molecular formula is C33H33N5O6. The first-order valence-corrected chi connectivity index (χ1v) is 13.7. The van der Waals surface area contributed by atoms with Crippen molar-refractivity contribution < 1.29 is 29.0 Å². The van der Waals surface area contributed by atoms with Gasteiger partial charge in [0.1, 0.15) is 11.6 Å². The summed E-state index contributed by atoms with van der Waals surface area (Å²) in [5.41, 5.74) is 3.63. The first kappa shape index (κ1) is 31.2. The summed E-state index contributed by atoms with van der Waals surface area (Å²) < 4.78 is 5.43. The summed E-state index contributed by atoms with van der Waals surface area (Å²) in [4.78, 5) is 55.5. The van der Waals surface area contributed by atoms with Crippen LogP contribution in [0.4, 0.5) is 22.0 Å². The van der Waals surface area contributed by atoms with Gasteiger partial charge in [0.25, 0.3) is 5.91 Å². The molecule has 0 aliphatic rings. The molecule has 4 amide bonds. The molecule has 11 heteroatoms. The predicted octanol–water partition coefficient (Wildman–Crippen LogP) is 5.51. The number of rotatable bonds is 11. The highest BCUT2D eigenvalue weighted by Crippen LogP contribution is 2.27. The number of carbonyl (C=O) groups is 4. The van der Waals surface area contributed by atoms with Crippen molar-refractivity contribution in [2.75, 3.05) is 30.1 Å². The highest BCUT2D eigenvalue weighted by atomic mass is 16.5. The smallest absolute Gasteiger partial charge is 0.323 e. The number of para-hydroxylation sites is 1. The standard InChI is InChI=1S/C33H33N5O6/c1-21-9-7-8-12-25(21)35-33(43)36-26-15-13-22(17-28(26)44-3)18-30(39)37-29-16-14-24(20-34-29)27(19-31(40)41)38(2)32(42)23-10-5-4-6-11-23/h4-17,20,27H,18-19H2,1-3H3,(H,40,41)(H,34,37,39)(H2,35,36,43). The fraction of sp³-hybridized carbons (Fsp3) is 0.182. The van der Waals surface area contributed by atoms with Gasteiger partial charge < -0.3 is 30.7 Å². The van der Waals surface area contributed by atoms with E-state index in [1.807, 2.05) is 25.1 Å². The molecule has 1 unspecified atom stereocenters. The van der Waals surface area contributed by atoms with Crippen molar-refractivity contribution in [3.05, 3.63) is 113 Å². The van der Waals surface area contributed by atoms with E-state index in [4.69, 9.17) is 4.74 Å². The lowest BCUT2D eigenvalue weighted by Gasteiger charge is -2.27. The number of amides is 4. The third kappa shape index (κ3) is 8.19. The van der Waals surface area contributed by atoms with Crippen LogP contribution in [0.15, 0.2) is 91.1 Å². The highest BCUT2D eigenvalue weighted by molar-refractivity contribution is 6.01. The number of anilines is 3. The minimum atomic E-state index is -1.07.